The van der Waals surface area contributed by atoms with Crippen LogP contribution in [-0.4, -0.2) is 38.4 Å². The van der Waals surface area contributed by atoms with Crippen molar-refractivity contribution in [3.8, 4) is 11.5 Å². The highest BCUT2D eigenvalue weighted by Gasteiger charge is 2.16. The van der Waals surface area contributed by atoms with Crippen LogP contribution in [0.2, 0.25) is 0 Å². The Bertz CT molecular complexity index is 368. The average Bonchev–Trinajstić information content (AvgIpc) is 2.83. The number of nitrogens with zero attached hydrogens (tertiary/aromatic N) is 1. The van der Waals surface area contributed by atoms with E-state index in [2.05, 4.69) is 30.3 Å². The van der Waals surface area contributed by atoms with Crippen LogP contribution in [0.4, 0.5) is 0 Å². The number of hydrogen-bond donors (Lipinski definition) is 1. The highest BCUT2D eigenvalue weighted by molar-refractivity contribution is 5.48. The molecule has 0 aromatic heterocycles. The number of likely N-dealkylation sites (N-methyl/N-ethyl adjacent to an activating group) is 1. The zero-order valence-corrected chi connectivity index (χ0v) is 10.5. The molecule has 0 bridgehead atoms. The van der Waals surface area contributed by atoms with Crippen LogP contribution in [0.25, 0.3) is 0 Å². The summed E-state index contributed by atoms with van der Waals surface area (Å²) in [4.78, 5) is 2.28. The molecular weight excluding hydrogens is 216 g/mol. The first-order valence-corrected chi connectivity index (χ1v) is 6.08. The van der Waals surface area contributed by atoms with E-state index in [-0.39, 0.29) is 0 Å². The van der Waals surface area contributed by atoms with Crippen molar-refractivity contribution in [2.45, 2.75) is 13.5 Å². The van der Waals surface area contributed by atoms with Crippen molar-refractivity contribution in [2.24, 2.45) is 0 Å². The molecule has 1 aromatic rings. The predicted octanol–water partition coefficient (Wildman–Crippen LogP) is 1.46. The maximum atomic E-state index is 5.46. The predicted molar refractivity (Wildman–Crippen MR) is 67.4 cm³/mol. The van der Waals surface area contributed by atoms with Gasteiger partial charge in [0.1, 0.15) is 0 Å². The maximum Gasteiger partial charge on any atom is 0.231 e. The Morgan fingerprint density at radius 3 is 3.06 bits per heavy atom. The monoisotopic (exact) mass is 236 g/mol. The second kappa shape index (κ2) is 5.89. The molecule has 1 aliphatic heterocycles. The summed E-state index contributed by atoms with van der Waals surface area (Å²) in [6, 6.07) is 6.02. The van der Waals surface area contributed by atoms with Crippen LogP contribution in [0, 0.1) is 0 Å². The van der Waals surface area contributed by atoms with Gasteiger partial charge in [-0.2, -0.15) is 0 Å². The van der Waals surface area contributed by atoms with Crippen molar-refractivity contribution in [1.29, 1.82) is 0 Å². The van der Waals surface area contributed by atoms with Crippen LogP contribution in [0.1, 0.15) is 12.5 Å². The minimum absolute atomic E-state index is 0.338. The normalized spacial score (nSPS) is 13.4. The van der Waals surface area contributed by atoms with E-state index in [1.807, 2.05) is 12.1 Å². The standard InChI is InChI=1S/C13H20N2O2/c1-3-15(2)8-7-14-9-11-5-4-6-12-13(11)17-10-16-12/h4-6,14H,3,7-10H2,1-2H3. The summed E-state index contributed by atoms with van der Waals surface area (Å²) in [7, 11) is 2.12. The van der Waals surface area contributed by atoms with Gasteiger partial charge in [0.25, 0.3) is 0 Å². The first-order valence-electron chi connectivity index (χ1n) is 6.08. The molecule has 0 fully saturated rings. The van der Waals surface area contributed by atoms with Crippen LogP contribution in [0.3, 0.4) is 0 Å². The Labute approximate surface area is 103 Å². The topological polar surface area (TPSA) is 33.7 Å². The fourth-order valence-corrected chi connectivity index (χ4v) is 1.78. The Kier molecular flexibility index (Phi) is 4.23. The Morgan fingerprint density at radius 1 is 1.35 bits per heavy atom. The SMILES string of the molecule is CCN(C)CCNCc1cccc2c1OCO2. The van der Waals surface area contributed by atoms with Gasteiger partial charge in [-0.3, -0.25) is 0 Å². The molecule has 1 aliphatic rings. The Hall–Kier alpha value is -1.26. The summed E-state index contributed by atoms with van der Waals surface area (Å²) < 4.78 is 10.8. The molecule has 0 unspecified atom stereocenters. The first-order chi connectivity index (χ1) is 8.31. The van der Waals surface area contributed by atoms with Crippen molar-refractivity contribution in [3.63, 3.8) is 0 Å². The largest absolute Gasteiger partial charge is 0.454 e. The van der Waals surface area contributed by atoms with E-state index >= 15 is 0 Å². The maximum absolute atomic E-state index is 5.46. The lowest BCUT2D eigenvalue weighted by molar-refractivity contribution is 0.173. The molecule has 94 valence electrons. The van der Waals surface area contributed by atoms with Crippen molar-refractivity contribution >= 4 is 0 Å². The summed E-state index contributed by atoms with van der Waals surface area (Å²) in [5.41, 5.74) is 1.17. The summed E-state index contributed by atoms with van der Waals surface area (Å²) in [6.07, 6.45) is 0. The second-order valence-corrected chi connectivity index (χ2v) is 4.22. The van der Waals surface area contributed by atoms with E-state index in [1.165, 1.54) is 5.56 Å². The van der Waals surface area contributed by atoms with Gasteiger partial charge in [0.05, 0.1) is 0 Å². The second-order valence-electron chi connectivity index (χ2n) is 4.22. The fraction of sp³-hybridized carbons (Fsp3) is 0.538. The van der Waals surface area contributed by atoms with E-state index < -0.39 is 0 Å². The van der Waals surface area contributed by atoms with Crippen molar-refractivity contribution in [1.82, 2.24) is 10.2 Å². The van der Waals surface area contributed by atoms with Crippen molar-refractivity contribution < 1.29 is 9.47 Å². The number of benzene rings is 1. The molecule has 0 saturated carbocycles. The minimum Gasteiger partial charge on any atom is -0.454 e. The third kappa shape index (κ3) is 3.11. The van der Waals surface area contributed by atoms with E-state index in [9.17, 15) is 0 Å². The molecule has 1 N–H and O–H groups in total. The van der Waals surface area contributed by atoms with Crippen molar-refractivity contribution in [3.05, 3.63) is 23.8 Å². The van der Waals surface area contributed by atoms with Gasteiger partial charge in [-0.1, -0.05) is 19.1 Å². The molecule has 0 radical (unpaired) electrons. The molecule has 2 rings (SSSR count). The molecule has 4 heteroatoms. The Balaban J connectivity index is 1.82. The average molecular weight is 236 g/mol. The molecular formula is C13H20N2O2. The van der Waals surface area contributed by atoms with Gasteiger partial charge < -0.3 is 19.7 Å². The Morgan fingerprint density at radius 2 is 2.24 bits per heavy atom. The first kappa shape index (κ1) is 12.2. The van der Waals surface area contributed by atoms with Gasteiger partial charge in [0.2, 0.25) is 6.79 Å². The van der Waals surface area contributed by atoms with E-state index in [1.54, 1.807) is 0 Å². The quantitative estimate of drug-likeness (QED) is 0.758. The van der Waals surface area contributed by atoms with Gasteiger partial charge in [-0.15, -0.1) is 0 Å². The lowest BCUT2D eigenvalue weighted by atomic mass is 10.2. The fourth-order valence-electron chi connectivity index (χ4n) is 1.78. The molecule has 1 aromatic carbocycles. The number of nitrogens with one attached hydrogen (secondary N) is 1. The summed E-state index contributed by atoms with van der Waals surface area (Å²) in [6.45, 7) is 6.45. The minimum atomic E-state index is 0.338. The molecule has 1 heterocycles. The van der Waals surface area contributed by atoms with Gasteiger partial charge in [-0.25, -0.2) is 0 Å². The van der Waals surface area contributed by atoms with Gasteiger partial charge in [0, 0.05) is 25.2 Å². The molecule has 0 spiro atoms. The summed E-state index contributed by atoms with van der Waals surface area (Å²) >= 11 is 0. The van der Waals surface area contributed by atoms with Crippen LogP contribution in [0.15, 0.2) is 18.2 Å². The van der Waals surface area contributed by atoms with Crippen LogP contribution >= 0.6 is 0 Å². The highest BCUT2D eigenvalue weighted by atomic mass is 16.7. The third-order valence-corrected chi connectivity index (χ3v) is 3.00. The molecule has 17 heavy (non-hydrogen) atoms. The molecule has 0 amide bonds. The molecule has 0 aliphatic carbocycles. The van der Waals surface area contributed by atoms with Crippen LogP contribution in [-0.2, 0) is 6.54 Å². The third-order valence-electron chi connectivity index (χ3n) is 3.00. The van der Waals surface area contributed by atoms with Crippen molar-refractivity contribution in [2.75, 3.05) is 33.5 Å². The molecule has 4 nitrogen and oxygen atoms in total. The van der Waals surface area contributed by atoms with Crippen LogP contribution < -0.4 is 14.8 Å². The molecule has 0 saturated heterocycles. The zero-order valence-electron chi connectivity index (χ0n) is 10.5. The lowest BCUT2D eigenvalue weighted by Gasteiger charge is -2.14. The number of fused-ring (bicyclic) bond motifs is 1. The lowest BCUT2D eigenvalue weighted by Crippen LogP contribution is -2.28. The highest BCUT2D eigenvalue weighted by Crippen LogP contribution is 2.34. The number of para-hydroxylation sites is 1. The number of hydrogen-bond acceptors (Lipinski definition) is 4. The smallest absolute Gasteiger partial charge is 0.231 e. The summed E-state index contributed by atoms with van der Waals surface area (Å²) in [5, 5.41) is 3.42. The van der Waals surface area contributed by atoms with E-state index in [4.69, 9.17) is 9.47 Å². The number of rotatable bonds is 6. The summed E-state index contributed by atoms with van der Waals surface area (Å²) in [5.74, 6) is 1.75. The van der Waals surface area contributed by atoms with E-state index in [0.29, 0.717) is 6.79 Å². The van der Waals surface area contributed by atoms with Gasteiger partial charge in [-0.05, 0) is 19.7 Å². The zero-order chi connectivity index (χ0) is 12.1. The van der Waals surface area contributed by atoms with Crippen LogP contribution in [0.5, 0.6) is 11.5 Å². The number of ether oxygens (including phenoxy) is 2. The van der Waals surface area contributed by atoms with E-state index in [0.717, 1.165) is 37.7 Å². The van der Waals surface area contributed by atoms with Gasteiger partial charge >= 0.3 is 0 Å². The van der Waals surface area contributed by atoms with Gasteiger partial charge in [0.15, 0.2) is 11.5 Å². The molecule has 0 atom stereocenters.